The van der Waals surface area contributed by atoms with Crippen LogP contribution in [0.1, 0.15) is 26.2 Å². The van der Waals surface area contributed by atoms with Crippen molar-refractivity contribution in [1.29, 1.82) is 0 Å². The third-order valence-electron chi connectivity index (χ3n) is 2.25. The van der Waals surface area contributed by atoms with E-state index in [1.807, 2.05) is 0 Å². The third-order valence-corrected chi connectivity index (χ3v) is 2.78. The topological polar surface area (TPSA) is 35.5 Å². The number of carbonyl (C=O) groups is 1. The lowest BCUT2D eigenvalue weighted by Crippen LogP contribution is -2.15. The Morgan fingerprint density at radius 1 is 1.28 bits per heavy atom. The average Bonchev–Trinajstić information content (AvgIpc) is 2.33. The molecule has 0 spiro atoms. The average molecular weight is 291 g/mol. The van der Waals surface area contributed by atoms with Gasteiger partial charge in [0.2, 0.25) is 0 Å². The monoisotopic (exact) mass is 290 g/mol. The second-order valence-corrected chi connectivity index (χ2v) is 4.63. The molecule has 0 heterocycles. The Morgan fingerprint density at radius 3 is 2.72 bits per heavy atom. The highest BCUT2D eigenvalue weighted by Gasteiger charge is 2.07. The van der Waals surface area contributed by atoms with E-state index < -0.39 is 5.97 Å². The van der Waals surface area contributed by atoms with Gasteiger partial charge in [0.25, 0.3) is 0 Å². The first-order valence-electron chi connectivity index (χ1n) is 5.87. The Labute approximate surface area is 117 Å². The fraction of sp³-hybridized carbons (Fsp3) is 0.462. The van der Waals surface area contributed by atoms with Crippen molar-refractivity contribution in [3.8, 4) is 5.75 Å². The molecule has 18 heavy (non-hydrogen) atoms. The molecule has 0 aliphatic heterocycles. The Morgan fingerprint density at radius 2 is 2.06 bits per heavy atom. The van der Waals surface area contributed by atoms with E-state index in [-0.39, 0.29) is 6.61 Å². The molecule has 5 heteroatoms. The van der Waals surface area contributed by atoms with Crippen molar-refractivity contribution in [2.75, 3.05) is 13.2 Å². The third kappa shape index (κ3) is 5.61. The summed E-state index contributed by atoms with van der Waals surface area (Å²) in [6, 6.07) is 4.83. The molecule has 0 unspecified atom stereocenters. The van der Waals surface area contributed by atoms with Crippen molar-refractivity contribution < 1.29 is 14.3 Å². The van der Waals surface area contributed by atoms with E-state index in [9.17, 15) is 4.79 Å². The first-order valence-corrected chi connectivity index (χ1v) is 6.62. The summed E-state index contributed by atoms with van der Waals surface area (Å²) in [4.78, 5) is 11.3. The van der Waals surface area contributed by atoms with Gasteiger partial charge in [0.1, 0.15) is 5.75 Å². The Kier molecular flexibility index (Phi) is 6.91. The van der Waals surface area contributed by atoms with Crippen molar-refractivity contribution in [3.05, 3.63) is 28.2 Å². The predicted octanol–water partition coefficient (Wildman–Crippen LogP) is 4.11. The standard InChI is InChI=1S/C13H16Cl2O3/c1-2-3-4-7-17-13(16)9-18-12-6-5-10(14)8-11(12)15/h5-6,8H,2-4,7,9H2,1H3. The number of carbonyl (C=O) groups excluding carboxylic acids is 1. The number of unbranched alkanes of at least 4 members (excludes halogenated alkanes) is 2. The van der Waals surface area contributed by atoms with E-state index in [0.29, 0.717) is 22.4 Å². The quantitative estimate of drug-likeness (QED) is 0.560. The van der Waals surface area contributed by atoms with Gasteiger partial charge in [-0.05, 0) is 24.6 Å². The Balaban J connectivity index is 2.29. The molecule has 0 aliphatic carbocycles. The highest BCUT2D eigenvalue weighted by atomic mass is 35.5. The van der Waals surface area contributed by atoms with Crippen LogP contribution >= 0.6 is 23.2 Å². The van der Waals surface area contributed by atoms with Crippen LogP contribution in [0.2, 0.25) is 10.0 Å². The molecular formula is C13H16Cl2O3. The van der Waals surface area contributed by atoms with Crippen LogP contribution in [-0.2, 0) is 9.53 Å². The lowest BCUT2D eigenvalue weighted by Gasteiger charge is -2.08. The zero-order valence-electron chi connectivity index (χ0n) is 10.2. The van der Waals surface area contributed by atoms with Crippen LogP contribution in [0, 0.1) is 0 Å². The number of hydrogen-bond donors (Lipinski definition) is 0. The van der Waals surface area contributed by atoms with Crippen molar-refractivity contribution in [3.63, 3.8) is 0 Å². The van der Waals surface area contributed by atoms with Crippen LogP contribution in [0.15, 0.2) is 18.2 Å². The lowest BCUT2D eigenvalue weighted by atomic mass is 10.3. The molecule has 3 nitrogen and oxygen atoms in total. The smallest absolute Gasteiger partial charge is 0.344 e. The molecule has 1 aromatic rings. The summed E-state index contributed by atoms with van der Waals surface area (Å²) in [6.07, 6.45) is 3.02. The summed E-state index contributed by atoms with van der Waals surface area (Å²) < 4.78 is 10.2. The Bertz CT molecular complexity index is 394. The van der Waals surface area contributed by atoms with Gasteiger partial charge in [0.05, 0.1) is 11.6 Å². The Hall–Kier alpha value is -0.930. The molecule has 0 radical (unpaired) electrons. The van der Waals surface area contributed by atoms with Gasteiger partial charge in [-0.1, -0.05) is 43.0 Å². The zero-order valence-corrected chi connectivity index (χ0v) is 11.8. The normalized spacial score (nSPS) is 10.2. The number of hydrogen-bond acceptors (Lipinski definition) is 3. The molecule has 1 rings (SSSR count). The summed E-state index contributed by atoms with van der Waals surface area (Å²) in [5.41, 5.74) is 0. The van der Waals surface area contributed by atoms with Crippen LogP contribution in [-0.4, -0.2) is 19.2 Å². The summed E-state index contributed by atoms with van der Waals surface area (Å²) in [6.45, 7) is 2.38. The van der Waals surface area contributed by atoms with Crippen molar-refractivity contribution in [2.45, 2.75) is 26.2 Å². The largest absolute Gasteiger partial charge is 0.480 e. The first-order chi connectivity index (χ1) is 8.63. The minimum absolute atomic E-state index is 0.145. The van der Waals surface area contributed by atoms with E-state index in [1.165, 1.54) is 0 Å². The van der Waals surface area contributed by atoms with E-state index in [2.05, 4.69) is 6.92 Å². The number of halogens is 2. The number of esters is 1. The second-order valence-electron chi connectivity index (χ2n) is 3.79. The molecule has 0 amide bonds. The van der Waals surface area contributed by atoms with Gasteiger partial charge in [-0.15, -0.1) is 0 Å². The van der Waals surface area contributed by atoms with E-state index in [4.69, 9.17) is 32.7 Å². The summed E-state index contributed by atoms with van der Waals surface area (Å²) in [7, 11) is 0. The first kappa shape index (κ1) is 15.1. The highest BCUT2D eigenvalue weighted by molar-refractivity contribution is 6.35. The van der Waals surface area contributed by atoms with Crippen LogP contribution in [0.25, 0.3) is 0 Å². The molecule has 1 aromatic carbocycles. The molecule has 0 aliphatic rings. The van der Waals surface area contributed by atoms with E-state index >= 15 is 0 Å². The molecule has 0 saturated carbocycles. The van der Waals surface area contributed by atoms with Crippen LogP contribution < -0.4 is 4.74 Å². The maximum absolute atomic E-state index is 11.3. The molecule has 0 atom stereocenters. The second kappa shape index (κ2) is 8.22. The van der Waals surface area contributed by atoms with Crippen molar-refractivity contribution in [2.24, 2.45) is 0 Å². The fourth-order valence-corrected chi connectivity index (χ4v) is 1.77. The summed E-state index contributed by atoms with van der Waals surface area (Å²) >= 11 is 11.6. The molecule has 0 saturated heterocycles. The zero-order chi connectivity index (χ0) is 13.4. The van der Waals surface area contributed by atoms with Crippen molar-refractivity contribution in [1.82, 2.24) is 0 Å². The number of benzene rings is 1. The molecule has 100 valence electrons. The fourth-order valence-electron chi connectivity index (χ4n) is 1.31. The van der Waals surface area contributed by atoms with E-state index in [0.717, 1.165) is 19.3 Å². The molecular weight excluding hydrogens is 275 g/mol. The van der Waals surface area contributed by atoms with Gasteiger partial charge in [-0.25, -0.2) is 4.79 Å². The molecule has 0 bridgehead atoms. The van der Waals surface area contributed by atoms with Gasteiger partial charge < -0.3 is 9.47 Å². The van der Waals surface area contributed by atoms with Gasteiger partial charge >= 0.3 is 5.97 Å². The van der Waals surface area contributed by atoms with Crippen molar-refractivity contribution >= 4 is 29.2 Å². The molecule has 0 N–H and O–H groups in total. The van der Waals surface area contributed by atoms with Gasteiger partial charge in [-0.3, -0.25) is 0 Å². The minimum Gasteiger partial charge on any atom is -0.480 e. The summed E-state index contributed by atoms with van der Waals surface area (Å²) in [5, 5.41) is 0.899. The predicted molar refractivity (Wildman–Crippen MR) is 72.4 cm³/mol. The highest BCUT2D eigenvalue weighted by Crippen LogP contribution is 2.27. The van der Waals surface area contributed by atoms with Crippen LogP contribution in [0.4, 0.5) is 0 Å². The van der Waals surface area contributed by atoms with Crippen LogP contribution in [0.5, 0.6) is 5.75 Å². The minimum atomic E-state index is -0.392. The SMILES string of the molecule is CCCCCOC(=O)COc1ccc(Cl)cc1Cl. The van der Waals surface area contributed by atoms with Crippen LogP contribution in [0.3, 0.4) is 0 Å². The molecule has 0 aromatic heterocycles. The summed E-state index contributed by atoms with van der Waals surface area (Å²) in [5.74, 6) is 0.0312. The number of ether oxygens (including phenoxy) is 2. The number of rotatable bonds is 7. The lowest BCUT2D eigenvalue weighted by molar-refractivity contribution is -0.146. The maximum Gasteiger partial charge on any atom is 0.344 e. The molecule has 0 fully saturated rings. The van der Waals surface area contributed by atoms with Gasteiger partial charge in [0.15, 0.2) is 6.61 Å². The van der Waals surface area contributed by atoms with Gasteiger partial charge in [0, 0.05) is 5.02 Å². The van der Waals surface area contributed by atoms with E-state index in [1.54, 1.807) is 18.2 Å². The maximum atomic E-state index is 11.3. The van der Waals surface area contributed by atoms with Gasteiger partial charge in [-0.2, -0.15) is 0 Å².